The maximum Gasteiger partial charge on any atom is 0.376 e. The van der Waals surface area contributed by atoms with Gasteiger partial charge in [0.2, 0.25) is 5.82 Å². The maximum atomic E-state index is 11.6. The van der Waals surface area contributed by atoms with Crippen molar-refractivity contribution < 1.29 is 9.53 Å². The van der Waals surface area contributed by atoms with Crippen LogP contribution in [0, 0.1) is 0 Å². The van der Waals surface area contributed by atoms with Crippen LogP contribution in [0.2, 0.25) is 0 Å². The molecule has 0 spiro atoms. The lowest BCUT2D eigenvalue weighted by molar-refractivity contribution is 0.0507. The second-order valence-corrected chi connectivity index (χ2v) is 3.36. The third-order valence-electron chi connectivity index (χ3n) is 2.27. The molecule has 6 nitrogen and oxygen atoms in total. The first-order chi connectivity index (χ1) is 8.24. The third-order valence-corrected chi connectivity index (χ3v) is 2.27. The van der Waals surface area contributed by atoms with Crippen LogP contribution >= 0.6 is 0 Å². The van der Waals surface area contributed by atoms with E-state index in [1.165, 1.54) is 0 Å². The lowest BCUT2D eigenvalue weighted by atomic mass is 10.2. The number of aromatic nitrogens is 4. The summed E-state index contributed by atoms with van der Waals surface area (Å²) in [5, 5.41) is 7.80. The highest BCUT2D eigenvalue weighted by molar-refractivity contribution is 5.86. The van der Waals surface area contributed by atoms with Gasteiger partial charge in [-0.15, -0.1) is 10.2 Å². The van der Waals surface area contributed by atoms with Gasteiger partial charge in [0.05, 0.1) is 6.61 Å². The number of esters is 1. The second-order valence-electron chi connectivity index (χ2n) is 3.36. The number of nitrogens with zero attached hydrogens (tertiary/aromatic N) is 4. The maximum absolute atomic E-state index is 11.6. The van der Waals surface area contributed by atoms with Crippen molar-refractivity contribution >= 4 is 5.97 Å². The molecule has 0 fully saturated rings. The van der Waals surface area contributed by atoms with E-state index in [9.17, 15) is 4.79 Å². The van der Waals surface area contributed by atoms with E-state index in [1.807, 2.05) is 0 Å². The highest BCUT2D eigenvalue weighted by Gasteiger charge is 2.17. The zero-order valence-corrected chi connectivity index (χ0v) is 9.62. The predicted molar refractivity (Wildman–Crippen MR) is 60.2 cm³/mol. The quantitative estimate of drug-likeness (QED) is 0.740. The van der Waals surface area contributed by atoms with Crippen molar-refractivity contribution in [3.63, 3.8) is 0 Å². The zero-order valence-electron chi connectivity index (χ0n) is 9.62. The SMILES string of the molecule is CCOC(=O)c1nnc(-c2ccncc2)n1C. The van der Waals surface area contributed by atoms with Crippen molar-refractivity contribution in [3.05, 3.63) is 30.4 Å². The molecule has 0 aromatic carbocycles. The molecule has 2 rings (SSSR count). The van der Waals surface area contributed by atoms with Crippen molar-refractivity contribution in [2.75, 3.05) is 6.61 Å². The van der Waals surface area contributed by atoms with Crippen LogP contribution in [0.25, 0.3) is 11.4 Å². The van der Waals surface area contributed by atoms with Gasteiger partial charge in [0.25, 0.3) is 0 Å². The van der Waals surface area contributed by atoms with Crippen LogP contribution in [0.4, 0.5) is 0 Å². The average molecular weight is 232 g/mol. The zero-order chi connectivity index (χ0) is 12.3. The molecular formula is C11H12N4O2. The van der Waals surface area contributed by atoms with E-state index < -0.39 is 5.97 Å². The largest absolute Gasteiger partial charge is 0.460 e. The first-order valence-electron chi connectivity index (χ1n) is 5.21. The van der Waals surface area contributed by atoms with E-state index in [1.54, 1.807) is 43.1 Å². The van der Waals surface area contributed by atoms with E-state index >= 15 is 0 Å². The Balaban J connectivity index is 2.37. The highest BCUT2D eigenvalue weighted by Crippen LogP contribution is 2.15. The molecule has 6 heteroatoms. The number of hydrogen-bond donors (Lipinski definition) is 0. The number of ether oxygens (including phenoxy) is 1. The minimum Gasteiger partial charge on any atom is -0.460 e. The fourth-order valence-corrected chi connectivity index (χ4v) is 1.45. The fraction of sp³-hybridized carbons (Fsp3) is 0.273. The molecule has 0 saturated carbocycles. The van der Waals surface area contributed by atoms with E-state index in [0.717, 1.165) is 5.56 Å². The van der Waals surface area contributed by atoms with Crippen LogP contribution in [-0.2, 0) is 11.8 Å². The summed E-state index contributed by atoms with van der Waals surface area (Å²) in [6.45, 7) is 2.06. The van der Waals surface area contributed by atoms with Crippen molar-refractivity contribution in [2.45, 2.75) is 6.92 Å². The molecule has 0 saturated heterocycles. The number of pyridine rings is 1. The molecule has 0 N–H and O–H groups in total. The van der Waals surface area contributed by atoms with E-state index in [2.05, 4.69) is 15.2 Å². The summed E-state index contributed by atoms with van der Waals surface area (Å²) < 4.78 is 6.49. The molecular weight excluding hydrogens is 220 g/mol. The van der Waals surface area contributed by atoms with Gasteiger partial charge in [-0.2, -0.15) is 0 Å². The van der Waals surface area contributed by atoms with Gasteiger partial charge < -0.3 is 9.30 Å². The Morgan fingerprint density at radius 1 is 1.35 bits per heavy atom. The van der Waals surface area contributed by atoms with Crippen molar-refractivity contribution in [2.24, 2.45) is 7.05 Å². The molecule has 2 heterocycles. The Bertz CT molecular complexity index is 522. The summed E-state index contributed by atoms with van der Waals surface area (Å²) in [4.78, 5) is 15.5. The van der Waals surface area contributed by atoms with Crippen molar-refractivity contribution in [3.8, 4) is 11.4 Å². The molecule has 0 aliphatic carbocycles. The van der Waals surface area contributed by atoms with Crippen LogP contribution < -0.4 is 0 Å². The molecule has 17 heavy (non-hydrogen) atoms. The first kappa shape index (κ1) is 11.3. The minimum absolute atomic E-state index is 0.193. The number of rotatable bonds is 3. The Morgan fingerprint density at radius 3 is 2.71 bits per heavy atom. The van der Waals surface area contributed by atoms with Gasteiger partial charge in [-0.05, 0) is 19.1 Å². The Morgan fingerprint density at radius 2 is 2.06 bits per heavy atom. The monoisotopic (exact) mass is 232 g/mol. The van der Waals surface area contributed by atoms with Crippen LogP contribution in [0.1, 0.15) is 17.5 Å². The summed E-state index contributed by atoms with van der Waals surface area (Å²) in [6, 6.07) is 3.61. The second kappa shape index (κ2) is 4.73. The third kappa shape index (κ3) is 2.15. The van der Waals surface area contributed by atoms with Crippen LogP contribution in [0.3, 0.4) is 0 Å². The average Bonchev–Trinajstić information content (AvgIpc) is 2.72. The summed E-state index contributed by atoms with van der Waals surface area (Å²) in [5.41, 5.74) is 0.852. The number of carbonyl (C=O) groups excluding carboxylic acids is 1. The van der Waals surface area contributed by atoms with Gasteiger partial charge in [0.1, 0.15) is 0 Å². The molecule has 0 atom stereocenters. The van der Waals surface area contributed by atoms with Gasteiger partial charge in [-0.3, -0.25) is 4.98 Å². The number of carbonyl (C=O) groups is 1. The van der Waals surface area contributed by atoms with Gasteiger partial charge in [-0.25, -0.2) is 4.79 Å². The lowest BCUT2D eigenvalue weighted by Gasteiger charge is -2.03. The molecule has 88 valence electrons. The van der Waals surface area contributed by atoms with E-state index in [4.69, 9.17) is 4.74 Å². The standard InChI is InChI=1S/C11H12N4O2/c1-3-17-11(16)10-14-13-9(15(10)2)8-4-6-12-7-5-8/h4-7H,3H2,1-2H3. The summed E-state index contributed by atoms with van der Waals surface area (Å²) in [5.74, 6) is 0.330. The first-order valence-corrected chi connectivity index (χ1v) is 5.21. The normalized spacial score (nSPS) is 10.2. The van der Waals surface area contributed by atoms with E-state index in [-0.39, 0.29) is 5.82 Å². The Labute approximate surface area is 98.3 Å². The molecule has 0 bridgehead atoms. The van der Waals surface area contributed by atoms with Crippen molar-refractivity contribution in [1.29, 1.82) is 0 Å². The Kier molecular flexibility index (Phi) is 3.13. The van der Waals surface area contributed by atoms with E-state index in [0.29, 0.717) is 12.4 Å². The molecule has 0 amide bonds. The number of hydrogen-bond acceptors (Lipinski definition) is 5. The molecule has 0 aliphatic heterocycles. The highest BCUT2D eigenvalue weighted by atomic mass is 16.5. The minimum atomic E-state index is -0.470. The van der Waals surface area contributed by atoms with Gasteiger partial charge >= 0.3 is 5.97 Å². The van der Waals surface area contributed by atoms with Crippen LogP contribution in [0.5, 0.6) is 0 Å². The molecule has 2 aromatic heterocycles. The van der Waals surface area contributed by atoms with Gasteiger partial charge in [0, 0.05) is 25.0 Å². The summed E-state index contributed by atoms with van der Waals surface area (Å²) in [7, 11) is 1.72. The summed E-state index contributed by atoms with van der Waals surface area (Å²) >= 11 is 0. The topological polar surface area (TPSA) is 69.9 Å². The fourth-order valence-electron chi connectivity index (χ4n) is 1.45. The molecule has 0 radical (unpaired) electrons. The van der Waals surface area contributed by atoms with Crippen LogP contribution in [-0.4, -0.2) is 32.3 Å². The predicted octanol–water partition coefficient (Wildman–Crippen LogP) is 1.05. The van der Waals surface area contributed by atoms with Crippen molar-refractivity contribution in [1.82, 2.24) is 19.7 Å². The van der Waals surface area contributed by atoms with Crippen LogP contribution in [0.15, 0.2) is 24.5 Å². The molecule has 0 aliphatic rings. The van der Waals surface area contributed by atoms with Gasteiger partial charge in [-0.1, -0.05) is 0 Å². The molecule has 2 aromatic rings. The summed E-state index contributed by atoms with van der Waals surface area (Å²) in [6.07, 6.45) is 3.32. The smallest absolute Gasteiger partial charge is 0.376 e. The lowest BCUT2D eigenvalue weighted by Crippen LogP contribution is -2.11. The van der Waals surface area contributed by atoms with Gasteiger partial charge in [0.15, 0.2) is 5.82 Å². The Hall–Kier alpha value is -2.24. The molecule has 0 unspecified atom stereocenters.